The third kappa shape index (κ3) is 5.34. The fourth-order valence-corrected chi connectivity index (χ4v) is 3.68. The molecule has 6 nitrogen and oxygen atoms in total. The molecule has 1 heterocycles. The number of carbonyl (C=O) groups is 2. The molecule has 0 bridgehead atoms. The molecular formula is C25H28N2O4S. The molecule has 0 saturated carbocycles. The van der Waals surface area contributed by atoms with Crippen LogP contribution in [0.2, 0.25) is 0 Å². The Morgan fingerprint density at radius 2 is 1.72 bits per heavy atom. The number of hydrogen-bond acceptors (Lipinski definition) is 5. The molecule has 1 saturated heterocycles. The third-order valence-corrected chi connectivity index (χ3v) is 5.00. The van der Waals surface area contributed by atoms with E-state index < -0.39 is 11.8 Å². The van der Waals surface area contributed by atoms with E-state index in [0.29, 0.717) is 41.9 Å². The molecule has 168 valence electrons. The SMILES string of the molecule is CCOc1cc(/C=C2\C(=O)NC(=S)N(c3cc(C)cc(C)c3)C2=O)ccc1OCC(C)C. The van der Waals surface area contributed by atoms with Crippen LogP contribution in [0.5, 0.6) is 11.5 Å². The number of hydrogen-bond donors (Lipinski definition) is 1. The van der Waals surface area contributed by atoms with E-state index >= 15 is 0 Å². The van der Waals surface area contributed by atoms with E-state index in [4.69, 9.17) is 21.7 Å². The highest BCUT2D eigenvalue weighted by Gasteiger charge is 2.34. The molecule has 7 heteroatoms. The number of thiocarbonyl (C=S) groups is 1. The summed E-state index contributed by atoms with van der Waals surface area (Å²) in [6.45, 7) is 10.9. The summed E-state index contributed by atoms with van der Waals surface area (Å²) in [6, 6.07) is 11.1. The van der Waals surface area contributed by atoms with Gasteiger partial charge in [0.1, 0.15) is 5.57 Å². The number of carbonyl (C=O) groups excluding carboxylic acids is 2. The first-order valence-electron chi connectivity index (χ1n) is 10.6. The van der Waals surface area contributed by atoms with Crippen LogP contribution >= 0.6 is 12.2 Å². The van der Waals surface area contributed by atoms with Crippen LogP contribution in [-0.4, -0.2) is 30.1 Å². The first-order chi connectivity index (χ1) is 15.2. The number of amides is 2. The van der Waals surface area contributed by atoms with E-state index in [1.807, 2.05) is 39.0 Å². The number of aryl methyl sites for hydroxylation is 2. The van der Waals surface area contributed by atoms with Gasteiger partial charge in [-0.25, -0.2) is 0 Å². The van der Waals surface area contributed by atoms with Gasteiger partial charge in [0.05, 0.1) is 18.9 Å². The first-order valence-corrected chi connectivity index (χ1v) is 11.0. The fraction of sp³-hybridized carbons (Fsp3) is 0.320. The Morgan fingerprint density at radius 3 is 2.34 bits per heavy atom. The van der Waals surface area contributed by atoms with Gasteiger partial charge < -0.3 is 9.47 Å². The van der Waals surface area contributed by atoms with Crippen molar-refractivity contribution >= 4 is 40.9 Å². The third-order valence-electron chi connectivity index (χ3n) is 4.72. The lowest BCUT2D eigenvalue weighted by molar-refractivity contribution is -0.122. The van der Waals surface area contributed by atoms with Crippen LogP contribution in [0.25, 0.3) is 6.08 Å². The van der Waals surface area contributed by atoms with E-state index in [1.165, 1.54) is 4.90 Å². The summed E-state index contributed by atoms with van der Waals surface area (Å²) in [5.74, 6) is 0.559. The molecule has 0 atom stereocenters. The summed E-state index contributed by atoms with van der Waals surface area (Å²) in [7, 11) is 0. The van der Waals surface area contributed by atoms with Gasteiger partial charge in [-0.1, -0.05) is 26.0 Å². The summed E-state index contributed by atoms with van der Waals surface area (Å²) in [5, 5.41) is 2.69. The minimum absolute atomic E-state index is 0.00365. The Balaban J connectivity index is 1.97. The van der Waals surface area contributed by atoms with Gasteiger partial charge in [0.2, 0.25) is 0 Å². The molecule has 0 radical (unpaired) electrons. The Labute approximate surface area is 194 Å². The van der Waals surface area contributed by atoms with Crippen molar-refractivity contribution < 1.29 is 19.1 Å². The molecule has 1 aliphatic heterocycles. The number of rotatable bonds is 7. The monoisotopic (exact) mass is 452 g/mol. The van der Waals surface area contributed by atoms with Crippen molar-refractivity contribution in [1.29, 1.82) is 0 Å². The second-order valence-corrected chi connectivity index (χ2v) is 8.53. The highest BCUT2D eigenvalue weighted by Crippen LogP contribution is 2.31. The molecule has 2 amide bonds. The van der Waals surface area contributed by atoms with Crippen LogP contribution in [0.4, 0.5) is 5.69 Å². The van der Waals surface area contributed by atoms with Gasteiger partial charge in [-0.2, -0.15) is 0 Å². The van der Waals surface area contributed by atoms with Crippen molar-refractivity contribution in [1.82, 2.24) is 5.32 Å². The second-order valence-electron chi connectivity index (χ2n) is 8.15. The smallest absolute Gasteiger partial charge is 0.270 e. The van der Waals surface area contributed by atoms with Gasteiger partial charge in [-0.05, 0) is 85.9 Å². The van der Waals surface area contributed by atoms with E-state index in [2.05, 4.69) is 19.2 Å². The number of anilines is 1. The molecule has 3 rings (SSSR count). The lowest BCUT2D eigenvalue weighted by Gasteiger charge is -2.29. The minimum Gasteiger partial charge on any atom is -0.490 e. The summed E-state index contributed by atoms with van der Waals surface area (Å²) >= 11 is 5.30. The molecule has 1 fully saturated rings. The summed E-state index contributed by atoms with van der Waals surface area (Å²) < 4.78 is 11.5. The number of ether oxygens (including phenoxy) is 2. The largest absolute Gasteiger partial charge is 0.490 e. The van der Waals surface area contributed by atoms with Crippen molar-refractivity contribution in [2.24, 2.45) is 5.92 Å². The van der Waals surface area contributed by atoms with Crippen molar-refractivity contribution in [3.05, 3.63) is 58.7 Å². The molecule has 0 aromatic heterocycles. The highest BCUT2D eigenvalue weighted by molar-refractivity contribution is 7.80. The predicted molar refractivity (Wildman–Crippen MR) is 130 cm³/mol. The van der Waals surface area contributed by atoms with E-state index in [9.17, 15) is 9.59 Å². The zero-order chi connectivity index (χ0) is 23.4. The van der Waals surface area contributed by atoms with Crippen LogP contribution < -0.4 is 19.7 Å². The van der Waals surface area contributed by atoms with E-state index in [-0.39, 0.29) is 10.7 Å². The average Bonchev–Trinajstić information content (AvgIpc) is 2.69. The topological polar surface area (TPSA) is 67.9 Å². The number of benzene rings is 2. The molecule has 0 spiro atoms. The van der Waals surface area contributed by atoms with Gasteiger partial charge in [0.25, 0.3) is 11.8 Å². The van der Waals surface area contributed by atoms with Crippen LogP contribution in [0, 0.1) is 19.8 Å². The molecular weight excluding hydrogens is 424 g/mol. The summed E-state index contributed by atoms with van der Waals surface area (Å²) in [5.41, 5.74) is 3.26. The normalized spacial score (nSPS) is 15.4. The van der Waals surface area contributed by atoms with Gasteiger partial charge in [-0.15, -0.1) is 0 Å². The predicted octanol–water partition coefficient (Wildman–Crippen LogP) is 4.57. The quantitative estimate of drug-likeness (QED) is 0.379. The first kappa shape index (κ1) is 23.5. The van der Waals surface area contributed by atoms with E-state index in [0.717, 1.165) is 11.1 Å². The molecule has 2 aromatic rings. The molecule has 2 aromatic carbocycles. The average molecular weight is 453 g/mol. The molecule has 32 heavy (non-hydrogen) atoms. The van der Waals surface area contributed by atoms with Gasteiger partial charge in [-0.3, -0.25) is 19.8 Å². The van der Waals surface area contributed by atoms with Crippen LogP contribution in [0.15, 0.2) is 42.0 Å². The lowest BCUT2D eigenvalue weighted by atomic mass is 10.1. The molecule has 1 aliphatic rings. The minimum atomic E-state index is -0.529. The second kappa shape index (κ2) is 9.96. The van der Waals surface area contributed by atoms with Gasteiger partial charge in [0.15, 0.2) is 16.6 Å². The van der Waals surface area contributed by atoms with Gasteiger partial charge >= 0.3 is 0 Å². The molecule has 0 aliphatic carbocycles. The Kier molecular flexibility index (Phi) is 7.30. The summed E-state index contributed by atoms with van der Waals surface area (Å²) in [4.78, 5) is 27.3. The number of nitrogens with one attached hydrogen (secondary N) is 1. The van der Waals surface area contributed by atoms with Crippen LogP contribution in [0.3, 0.4) is 0 Å². The van der Waals surface area contributed by atoms with Crippen molar-refractivity contribution in [3.8, 4) is 11.5 Å². The zero-order valence-electron chi connectivity index (χ0n) is 19.0. The zero-order valence-corrected chi connectivity index (χ0v) is 19.8. The molecule has 0 unspecified atom stereocenters. The maximum absolute atomic E-state index is 13.3. The van der Waals surface area contributed by atoms with Crippen LogP contribution in [-0.2, 0) is 9.59 Å². The van der Waals surface area contributed by atoms with Crippen LogP contribution in [0.1, 0.15) is 37.5 Å². The number of nitrogens with zero attached hydrogens (tertiary/aromatic N) is 1. The Bertz CT molecular complexity index is 1070. The molecule has 1 N–H and O–H groups in total. The lowest BCUT2D eigenvalue weighted by Crippen LogP contribution is -2.54. The Morgan fingerprint density at radius 1 is 1.03 bits per heavy atom. The maximum atomic E-state index is 13.3. The standard InChI is InChI=1S/C25H28N2O4S/c1-6-30-22-13-18(7-8-21(22)31-14-15(2)3)12-20-23(28)26-25(32)27(24(20)29)19-10-16(4)9-17(5)11-19/h7-13,15H,6,14H2,1-5H3,(H,26,28,32)/b20-12+. The Hall–Kier alpha value is -3.19. The van der Waals surface area contributed by atoms with E-state index in [1.54, 1.807) is 24.3 Å². The highest BCUT2D eigenvalue weighted by atomic mass is 32.1. The summed E-state index contributed by atoms with van der Waals surface area (Å²) in [6.07, 6.45) is 1.55. The van der Waals surface area contributed by atoms with Crippen molar-refractivity contribution in [2.45, 2.75) is 34.6 Å². The fourth-order valence-electron chi connectivity index (χ4n) is 3.40. The maximum Gasteiger partial charge on any atom is 0.270 e. The van der Waals surface area contributed by atoms with Gasteiger partial charge in [0, 0.05) is 0 Å². The van der Waals surface area contributed by atoms with Crippen molar-refractivity contribution in [2.75, 3.05) is 18.1 Å². The van der Waals surface area contributed by atoms with Crippen molar-refractivity contribution in [3.63, 3.8) is 0 Å².